The second-order valence-corrected chi connectivity index (χ2v) is 6.03. The molecule has 1 aromatic rings. The Morgan fingerprint density at radius 2 is 2.21 bits per heavy atom. The van der Waals surface area contributed by atoms with Crippen LogP contribution in [0.3, 0.4) is 0 Å². The van der Waals surface area contributed by atoms with Crippen LogP contribution >= 0.6 is 11.6 Å². The highest BCUT2D eigenvalue weighted by atomic mass is 35.5. The summed E-state index contributed by atoms with van der Waals surface area (Å²) in [6.45, 7) is 9.38. The number of nitrogens with zero attached hydrogens (tertiary/aromatic N) is 1. The molecule has 0 fully saturated rings. The maximum Gasteiger partial charge on any atom is 0.0621 e. The van der Waals surface area contributed by atoms with Crippen molar-refractivity contribution < 1.29 is 4.74 Å². The lowest BCUT2D eigenvalue weighted by atomic mass is 9.74. The van der Waals surface area contributed by atoms with Crippen LogP contribution in [0, 0.1) is 11.3 Å². The molecule has 0 spiro atoms. The average Bonchev–Trinajstić information content (AvgIpc) is 2.37. The Hall–Kier alpha value is -0.640. The molecule has 0 aliphatic rings. The van der Waals surface area contributed by atoms with Crippen LogP contribution in [0.25, 0.3) is 0 Å². The van der Waals surface area contributed by atoms with Gasteiger partial charge in [-0.15, -0.1) is 0 Å². The highest BCUT2D eigenvalue weighted by molar-refractivity contribution is 6.31. The largest absolute Gasteiger partial charge is 0.383 e. The summed E-state index contributed by atoms with van der Waals surface area (Å²) in [5.41, 5.74) is 1.33. The fraction of sp³-hybridized carbons (Fsp3) is 0.667. The van der Waals surface area contributed by atoms with Gasteiger partial charge in [0.1, 0.15) is 0 Å². The van der Waals surface area contributed by atoms with Gasteiger partial charge >= 0.3 is 0 Å². The number of hydrogen-bond acceptors (Lipinski definition) is 3. The Morgan fingerprint density at radius 1 is 1.47 bits per heavy atom. The van der Waals surface area contributed by atoms with Crippen molar-refractivity contribution in [2.45, 2.75) is 27.2 Å². The summed E-state index contributed by atoms with van der Waals surface area (Å²) < 4.78 is 5.06. The highest BCUT2D eigenvalue weighted by Gasteiger charge is 2.29. The van der Waals surface area contributed by atoms with Gasteiger partial charge in [0.15, 0.2) is 0 Å². The van der Waals surface area contributed by atoms with Gasteiger partial charge in [-0.25, -0.2) is 0 Å². The molecule has 0 aliphatic heterocycles. The predicted octanol–water partition coefficient (Wildman–Crippen LogP) is 3.18. The van der Waals surface area contributed by atoms with Crippen molar-refractivity contribution in [3.05, 3.63) is 29.0 Å². The quantitative estimate of drug-likeness (QED) is 0.745. The second kappa shape index (κ2) is 7.83. The van der Waals surface area contributed by atoms with Gasteiger partial charge in [-0.3, -0.25) is 4.98 Å². The highest BCUT2D eigenvalue weighted by Crippen LogP contribution is 2.32. The van der Waals surface area contributed by atoms with E-state index in [1.54, 1.807) is 19.5 Å². The zero-order chi connectivity index (χ0) is 14.3. The fourth-order valence-electron chi connectivity index (χ4n) is 2.00. The molecule has 1 atom stereocenters. The molecule has 1 heterocycles. The smallest absolute Gasteiger partial charge is 0.0621 e. The summed E-state index contributed by atoms with van der Waals surface area (Å²) in [4.78, 5) is 4.04. The average molecular weight is 285 g/mol. The first kappa shape index (κ1) is 16.4. The van der Waals surface area contributed by atoms with Crippen LogP contribution < -0.4 is 5.32 Å². The van der Waals surface area contributed by atoms with E-state index in [1.165, 1.54) is 5.56 Å². The minimum Gasteiger partial charge on any atom is -0.383 e. The van der Waals surface area contributed by atoms with Crippen LogP contribution in [-0.4, -0.2) is 31.8 Å². The molecule has 0 radical (unpaired) electrons. The van der Waals surface area contributed by atoms with Gasteiger partial charge in [-0.05, 0) is 29.4 Å². The lowest BCUT2D eigenvalue weighted by Gasteiger charge is -2.34. The maximum atomic E-state index is 6.22. The van der Waals surface area contributed by atoms with Gasteiger partial charge in [-0.2, -0.15) is 0 Å². The molecule has 0 aromatic carbocycles. The molecule has 0 aliphatic carbocycles. The lowest BCUT2D eigenvalue weighted by Crippen LogP contribution is -2.39. The Balaban J connectivity index is 2.68. The van der Waals surface area contributed by atoms with Crippen molar-refractivity contribution in [3.8, 4) is 0 Å². The van der Waals surface area contributed by atoms with E-state index in [-0.39, 0.29) is 5.41 Å². The normalized spacial score (nSPS) is 14.6. The second-order valence-electron chi connectivity index (χ2n) is 5.62. The Kier molecular flexibility index (Phi) is 6.76. The molecule has 1 unspecified atom stereocenters. The third-order valence-corrected chi connectivity index (χ3v) is 4.20. The molecular formula is C15H25ClN2O. The molecule has 0 saturated heterocycles. The molecule has 0 bridgehead atoms. The van der Waals surface area contributed by atoms with Crippen molar-refractivity contribution in [1.29, 1.82) is 0 Å². The van der Waals surface area contributed by atoms with Gasteiger partial charge < -0.3 is 10.1 Å². The molecule has 1 aromatic heterocycles. The van der Waals surface area contributed by atoms with Crippen LogP contribution in [0.1, 0.15) is 26.3 Å². The number of nitrogens with one attached hydrogen (secondary N) is 1. The molecule has 4 heteroatoms. The fourth-order valence-corrected chi connectivity index (χ4v) is 2.19. The first-order valence-electron chi connectivity index (χ1n) is 6.77. The third-order valence-electron chi connectivity index (χ3n) is 3.86. The van der Waals surface area contributed by atoms with E-state index in [4.69, 9.17) is 16.3 Å². The van der Waals surface area contributed by atoms with Gasteiger partial charge in [0, 0.05) is 32.6 Å². The maximum absolute atomic E-state index is 6.22. The van der Waals surface area contributed by atoms with Crippen molar-refractivity contribution in [1.82, 2.24) is 10.3 Å². The van der Waals surface area contributed by atoms with Crippen molar-refractivity contribution in [2.75, 3.05) is 26.8 Å². The molecule has 108 valence electrons. The van der Waals surface area contributed by atoms with Crippen LogP contribution in [0.4, 0.5) is 0 Å². The van der Waals surface area contributed by atoms with Gasteiger partial charge in [-0.1, -0.05) is 32.4 Å². The number of hydrogen-bond donors (Lipinski definition) is 1. The van der Waals surface area contributed by atoms with E-state index in [0.717, 1.165) is 31.1 Å². The molecule has 1 N–H and O–H groups in total. The van der Waals surface area contributed by atoms with Crippen LogP contribution in [0.5, 0.6) is 0 Å². The van der Waals surface area contributed by atoms with E-state index in [1.807, 2.05) is 6.07 Å². The Bertz CT molecular complexity index is 384. The summed E-state index contributed by atoms with van der Waals surface area (Å²) in [5, 5.41) is 4.22. The summed E-state index contributed by atoms with van der Waals surface area (Å²) >= 11 is 6.22. The van der Waals surface area contributed by atoms with Gasteiger partial charge in [0.05, 0.1) is 11.6 Å². The van der Waals surface area contributed by atoms with E-state index >= 15 is 0 Å². The number of ether oxygens (including phenoxy) is 1. The standard InChI is InChI=1S/C15H25ClN2O/c1-12(2)15(3,11-18-7-8-19-4)9-13-5-6-17-10-14(13)16/h5-6,10,12,18H,7-9,11H2,1-4H3. The minimum absolute atomic E-state index is 0.165. The van der Waals surface area contributed by atoms with Crippen LogP contribution in [-0.2, 0) is 11.2 Å². The topological polar surface area (TPSA) is 34.1 Å². The summed E-state index contributed by atoms with van der Waals surface area (Å²) in [7, 11) is 1.72. The third kappa shape index (κ3) is 5.09. The number of halogens is 1. The van der Waals surface area contributed by atoms with Crippen LogP contribution in [0.2, 0.25) is 5.02 Å². The number of methoxy groups -OCH3 is 1. The molecular weight excluding hydrogens is 260 g/mol. The Labute approximate surface area is 121 Å². The number of aromatic nitrogens is 1. The lowest BCUT2D eigenvalue weighted by molar-refractivity contribution is 0.175. The van der Waals surface area contributed by atoms with Crippen molar-refractivity contribution in [3.63, 3.8) is 0 Å². The predicted molar refractivity (Wildman–Crippen MR) is 80.6 cm³/mol. The minimum atomic E-state index is 0.165. The zero-order valence-electron chi connectivity index (χ0n) is 12.4. The molecule has 3 nitrogen and oxygen atoms in total. The van der Waals surface area contributed by atoms with E-state index < -0.39 is 0 Å². The zero-order valence-corrected chi connectivity index (χ0v) is 13.1. The molecule has 0 amide bonds. The van der Waals surface area contributed by atoms with E-state index in [2.05, 4.69) is 31.1 Å². The van der Waals surface area contributed by atoms with Crippen molar-refractivity contribution >= 4 is 11.6 Å². The number of rotatable bonds is 8. The molecule has 0 saturated carbocycles. The van der Waals surface area contributed by atoms with E-state index in [0.29, 0.717) is 5.92 Å². The molecule has 1 rings (SSSR count). The summed E-state index contributed by atoms with van der Waals surface area (Å²) in [5.74, 6) is 0.562. The summed E-state index contributed by atoms with van der Waals surface area (Å²) in [6.07, 6.45) is 4.47. The first-order valence-corrected chi connectivity index (χ1v) is 7.15. The first-order chi connectivity index (χ1) is 8.99. The Morgan fingerprint density at radius 3 is 2.79 bits per heavy atom. The van der Waals surface area contributed by atoms with Crippen molar-refractivity contribution in [2.24, 2.45) is 11.3 Å². The monoisotopic (exact) mass is 284 g/mol. The van der Waals surface area contributed by atoms with E-state index in [9.17, 15) is 0 Å². The molecule has 19 heavy (non-hydrogen) atoms. The van der Waals surface area contributed by atoms with Crippen LogP contribution in [0.15, 0.2) is 18.5 Å². The van der Waals surface area contributed by atoms with Gasteiger partial charge in [0.25, 0.3) is 0 Å². The SMILES string of the molecule is COCCNCC(C)(Cc1ccncc1Cl)C(C)C. The number of pyridine rings is 1. The van der Waals surface area contributed by atoms with Gasteiger partial charge in [0.2, 0.25) is 0 Å². The summed E-state index contributed by atoms with van der Waals surface area (Å²) in [6, 6.07) is 2.01.